The Morgan fingerprint density at radius 2 is 2.00 bits per heavy atom. The van der Waals surface area contributed by atoms with E-state index in [4.69, 9.17) is 21.3 Å². The fraction of sp³-hybridized carbons (Fsp3) is 0.381. The van der Waals surface area contributed by atoms with Crippen molar-refractivity contribution in [1.29, 1.82) is 0 Å². The molecular formula is C21H24ClN3O. The lowest BCUT2D eigenvalue weighted by molar-refractivity contribution is 0.135. The largest absolute Gasteiger partial charge is 0.383 e. The van der Waals surface area contributed by atoms with Crippen LogP contribution in [-0.4, -0.2) is 63.1 Å². The maximum absolute atomic E-state index is 6.34. The quantitative estimate of drug-likeness (QED) is 0.827. The number of piperazine rings is 1. The van der Waals surface area contributed by atoms with Crippen molar-refractivity contribution in [1.82, 2.24) is 4.90 Å². The van der Waals surface area contributed by atoms with Crippen LogP contribution >= 0.6 is 11.6 Å². The molecule has 1 saturated heterocycles. The first kappa shape index (κ1) is 17.5. The summed E-state index contributed by atoms with van der Waals surface area (Å²) in [5.41, 5.74) is 4.57. The molecule has 1 unspecified atom stereocenters. The molecule has 2 aromatic carbocycles. The van der Waals surface area contributed by atoms with Crippen LogP contribution in [0.1, 0.15) is 11.1 Å². The molecule has 2 heterocycles. The molecule has 0 aromatic heterocycles. The van der Waals surface area contributed by atoms with E-state index in [-0.39, 0.29) is 0 Å². The second-order valence-corrected chi connectivity index (χ2v) is 7.29. The minimum atomic E-state index is 0.377. The van der Waals surface area contributed by atoms with Gasteiger partial charge in [-0.1, -0.05) is 41.9 Å². The Bertz CT molecular complexity index is 793. The fourth-order valence-electron chi connectivity index (χ4n) is 3.89. The predicted octanol–water partition coefficient (Wildman–Crippen LogP) is 3.33. The number of benzene rings is 2. The van der Waals surface area contributed by atoms with Crippen LogP contribution in [-0.2, 0) is 4.74 Å². The molecule has 4 nitrogen and oxygen atoms in total. The zero-order valence-electron chi connectivity index (χ0n) is 15.1. The summed E-state index contributed by atoms with van der Waals surface area (Å²) >= 11 is 6.34. The van der Waals surface area contributed by atoms with Gasteiger partial charge >= 0.3 is 0 Å². The smallest absolute Gasteiger partial charge is 0.0741 e. The first-order chi connectivity index (χ1) is 12.8. The van der Waals surface area contributed by atoms with Crippen molar-refractivity contribution < 1.29 is 4.74 Å². The van der Waals surface area contributed by atoms with Gasteiger partial charge in [-0.25, -0.2) is 0 Å². The van der Waals surface area contributed by atoms with Crippen LogP contribution in [0.2, 0.25) is 5.02 Å². The molecular weight excluding hydrogens is 346 g/mol. The van der Waals surface area contributed by atoms with Crippen molar-refractivity contribution >= 4 is 23.0 Å². The molecule has 0 bridgehead atoms. The van der Waals surface area contributed by atoms with Gasteiger partial charge in [-0.3, -0.25) is 9.89 Å². The molecule has 2 aliphatic rings. The van der Waals surface area contributed by atoms with Gasteiger partial charge < -0.3 is 9.64 Å². The summed E-state index contributed by atoms with van der Waals surface area (Å²) < 4.78 is 5.25. The number of halogens is 1. The lowest BCUT2D eigenvalue weighted by Gasteiger charge is -2.42. The van der Waals surface area contributed by atoms with Crippen LogP contribution in [0, 0.1) is 0 Å². The van der Waals surface area contributed by atoms with Gasteiger partial charge in [-0.2, -0.15) is 0 Å². The third-order valence-corrected chi connectivity index (χ3v) is 5.44. The summed E-state index contributed by atoms with van der Waals surface area (Å²) in [7, 11) is 1.76. The van der Waals surface area contributed by atoms with Crippen LogP contribution in [0.4, 0.5) is 5.69 Å². The Balaban J connectivity index is 1.71. The fourth-order valence-corrected chi connectivity index (χ4v) is 4.06. The normalized spacial score (nSPS) is 20.2. The minimum absolute atomic E-state index is 0.377. The van der Waals surface area contributed by atoms with E-state index in [1.165, 1.54) is 5.69 Å². The average molecular weight is 370 g/mol. The van der Waals surface area contributed by atoms with E-state index in [0.717, 1.165) is 61.2 Å². The zero-order valence-corrected chi connectivity index (χ0v) is 15.8. The number of ether oxygens (including phenoxy) is 1. The third kappa shape index (κ3) is 3.50. The van der Waals surface area contributed by atoms with Crippen LogP contribution in [0.3, 0.4) is 0 Å². The van der Waals surface area contributed by atoms with Gasteiger partial charge in [0.05, 0.1) is 24.9 Å². The summed E-state index contributed by atoms with van der Waals surface area (Å²) in [6.07, 6.45) is 0. The Hall–Kier alpha value is -1.88. The van der Waals surface area contributed by atoms with E-state index in [9.17, 15) is 0 Å². The monoisotopic (exact) mass is 369 g/mol. The highest BCUT2D eigenvalue weighted by Gasteiger charge is 2.31. The second kappa shape index (κ2) is 7.78. The number of aliphatic imine (C=N–C) groups is 1. The van der Waals surface area contributed by atoms with Gasteiger partial charge in [0.15, 0.2) is 0 Å². The number of anilines is 1. The molecule has 2 aromatic rings. The van der Waals surface area contributed by atoms with Crippen molar-refractivity contribution in [3.8, 4) is 0 Å². The Labute approximate surface area is 160 Å². The molecule has 0 radical (unpaired) electrons. The number of hydrogen-bond acceptors (Lipinski definition) is 4. The molecule has 0 N–H and O–H groups in total. The topological polar surface area (TPSA) is 28.1 Å². The minimum Gasteiger partial charge on any atom is -0.383 e. The van der Waals surface area contributed by atoms with Crippen LogP contribution in [0.25, 0.3) is 0 Å². The van der Waals surface area contributed by atoms with Crippen molar-refractivity contribution in [3.05, 3.63) is 64.7 Å². The molecule has 136 valence electrons. The SMILES string of the molecule is COCCN1CCN2c3ccc(Cl)cc3C(c3ccccc3)=NCC2C1. The highest BCUT2D eigenvalue weighted by Crippen LogP contribution is 2.32. The number of methoxy groups -OCH3 is 1. The predicted molar refractivity (Wildman–Crippen MR) is 108 cm³/mol. The van der Waals surface area contributed by atoms with Gasteiger partial charge in [-0.15, -0.1) is 0 Å². The van der Waals surface area contributed by atoms with Crippen molar-refractivity contribution in [2.24, 2.45) is 4.99 Å². The summed E-state index contributed by atoms with van der Waals surface area (Å²) in [5, 5.41) is 0.754. The van der Waals surface area contributed by atoms with Gasteiger partial charge in [0.2, 0.25) is 0 Å². The third-order valence-electron chi connectivity index (χ3n) is 5.21. The van der Waals surface area contributed by atoms with E-state index in [0.29, 0.717) is 6.04 Å². The van der Waals surface area contributed by atoms with Crippen molar-refractivity contribution in [2.75, 3.05) is 51.3 Å². The van der Waals surface area contributed by atoms with E-state index >= 15 is 0 Å². The lowest BCUT2D eigenvalue weighted by atomic mass is 10.00. The number of nitrogens with zero attached hydrogens (tertiary/aromatic N) is 3. The van der Waals surface area contributed by atoms with Gasteiger partial charge in [0.25, 0.3) is 0 Å². The number of rotatable bonds is 4. The summed E-state index contributed by atoms with van der Waals surface area (Å²) in [6.45, 7) is 5.60. The number of hydrogen-bond donors (Lipinski definition) is 0. The molecule has 1 atom stereocenters. The summed E-state index contributed by atoms with van der Waals surface area (Å²) in [4.78, 5) is 10.0. The molecule has 0 aliphatic carbocycles. The van der Waals surface area contributed by atoms with E-state index < -0.39 is 0 Å². The Kier molecular flexibility index (Phi) is 5.25. The Morgan fingerprint density at radius 3 is 2.81 bits per heavy atom. The highest BCUT2D eigenvalue weighted by atomic mass is 35.5. The molecule has 0 amide bonds. The maximum atomic E-state index is 6.34. The van der Waals surface area contributed by atoms with Gasteiger partial charge in [0.1, 0.15) is 0 Å². The zero-order chi connectivity index (χ0) is 17.9. The van der Waals surface area contributed by atoms with Crippen LogP contribution < -0.4 is 4.90 Å². The van der Waals surface area contributed by atoms with Crippen molar-refractivity contribution in [3.63, 3.8) is 0 Å². The van der Waals surface area contributed by atoms with Crippen LogP contribution in [0.5, 0.6) is 0 Å². The molecule has 2 aliphatic heterocycles. The summed E-state index contributed by atoms with van der Waals surface area (Å²) in [6, 6.07) is 17.0. The number of fused-ring (bicyclic) bond motifs is 3. The standard InChI is InChI=1S/C21H24ClN3O/c1-26-12-11-24-9-10-25-18(15-24)14-23-21(16-5-3-2-4-6-16)19-13-17(22)7-8-20(19)25/h2-8,13,18H,9-12,14-15H2,1H3. The molecule has 26 heavy (non-hydrogen) atoms. The van der Waals surface area contributed by atoms with Crippen LogP contribution in [0.15, 0.2) is 53.5 Å². The average Bonchev–Trinajstić information content (AvgIpc) is 2.83. The van der Waals surface area contributed by atoms with E-state index in [1.54, 1.807) is 7.11 Å². The van der Waals surface area contributed by atoms with Gasteiger partial charge in [-0.05, 0) is 18.2 Å². The highest BCUT2D eigenvalue weighted by molar-refractivity contribution is 6.31. The van der Waals surface area contributed by atoms with Crippen molar-refractivity contribution in [2.45, 2.75) is 6.04 Å². The molecule has 1 fully saturated rings. The summed E-state index contributed by atoms with van der Waals surface area (Å²) in [5.74, 6) is 0. The lowest BCUT2D eigenvalue weighted by Crippen LogP contribution is -2.55. The molecule has 0 saturated carbocycles. The maximum Gasteiger partial charge on any atom is 0.0741 e. The first-order valence-electron chi connectivity index (χ1n) is 9.14. The molecule has 0 spiro atoms. The van der Waals surface area contributed by atoms with Gasteiger partial charge in [0, 0.05) is 55.1 Å². The van der Waals surface area contributed by atoms with E-state index in [1.807, 2.05) is 12.1 Å². The molecule has 4 rings (SSSR count). The van der Waals surface area contributed by atoms with E-state index in [2.05, 4.69) is 46.2 Å². The second-order valence-electron chi connectivity index (χ2n) is 6.86. The Morgan fingerprint density at radius 1 is 1.15 bits per heavy atom. The first-order valence-corrected chi connectivity index (χ1v) is 9.52. The molecule has 5 heteroatoms.